The number of Topliss-reactive ketones (excluding diaryl/α,β-unsaturated/α-hetero) is 1. The molecule has 0 aliphatic rings. The van der Waals surface area contributed by atoms with Gasteiger partial charge >= 0.3 is 0 Å². The lowest BCUT2D eigenvalue weighted by molar-refractivity contribution is 0.0993. The van der Waals surface area contributed by atoms with Crippen LogP contribution in [0.2, 0.25) is 0 Å². The molecule has 0 aliphatic heterocycles. The Morgan fingerprint density at radius 1 is 1.07 bits per heavy atom. The first-order valence-electron chi connectivity index (χ1n) is 4.83. The Morgan fingerprint density at radius 3 is 2.53 bits per heavy atom. The molecule has 1 heterocycles. The van der Waals surface area contributed by atoms with Crippen LogP contribution in [0.5, 0.6) is 0 Å². The van der Waals surface area contributed by atoms with Gasteiger partial charge in [0.1, 0.15) is 0 Å². The highest BCUT2D eigenvalue weighted by atomic mass is 16.1. The first-order chi connectivity index (χ1) is 7.36. The number of aromatic nitrogens is 1. The lowest BCUT2D eigenvalue weighted by atomic mass is 10.0. The second-order valence-corrected chi connectivity index (χ2v) is 3.33. The number of pyridine rings is 1. The zero-order valence-electron chi connectivity index (χ0n) is 8.26. The summed E-state index contributed by atoms with van der Waals surface area (Å²) in [6.07, 6.45) is 3.84. The van der Waals surface area contributed by atoms with Gasteiger partial charge in [-0.05, 0) is 11.6 Å². The quantitative estimate of drug-likeness (QED) is 0.707. The van der Waals surface area contributed by atoms with Crippen molar-refractivity contribution in [2.75, 3.05) is 0 Å². The molecule has 0 amide bonds. The highest BCUT2D eigenvalue weighted by molar-refractivity contribution is 5.97. The molecule has 0 radical (unpaired) electrons. The summed E-state index contributed by atoms with van der Waals surface area (Å²) in [5.41, 5.74) is 1.70. The van der Waals surface area contributed by atoms with Crippen molar-refractivity contribution in [2.45, 2.75) is 6.42 Å². The Balaban J connectivity index is 2.12. The van der Waals surface area contributed by atoms with E-state index in [2.05, 4.69) is 4.98 Å². The summed E-state index contributed by atoms with van der Waals surface area (Å²) in [4.78, 5) is 15.8. The summed E-state index contributed by atoms with van der Waals surface area (Å²) in [7, 11) is 0. The van der Waals surface area contributed by atoms with Crippen LogP contribution in [0.1, 0.15) is 15.9 Å². The van der Waals surface area contributed by atoms with Crippen molar-refractivity contribution in [1.29, 1.82) is 0 Å². The molecule has 2 aromatic rings. The van der Waals surface area contributed by atoms with E-state index in [1.165, 1.54) is 0 Å². The molecule has 2 rings (SSSR count). The molecule has 0 aliphatic carbocycles. The van der Waals surface area contributed by atoms with Gasteiger partial charge in [0.15, 0.2) is 5.78 Å². The topological polar surface area (TPSA) is 30.0 Å². The number of rotatable bonds is 3. The minimum Gasteiger partial charge on any atom is -0.294 e. The summed E-state index contributed by atoms with van der Waals surface area (Å²) >= 11 is 0. The van der Waals surface area contributed by atoms with Crippen LogP contribution >= 0.6 is 0 Å². The van der Waals surface area contributed by atoms with Crippen LogP contribution in [0.25, 0.3) is 0 Å². The highest BCUT2D eigenvalue weighted by Gasteiger charge is 2.05. The fourth-order valence-corrected chi connectivity index (χ4v) is 1.41. The summed E-state index contributed by atoms with van der Waals surface area (Å²) in [6, 6.07) is 13.1. The molecule has 0 N–H and O–H groups in total. The van der Waals surface area contributed by atoms with Crippen LogP contribution in [0.3, 0.4) is 0 Å². The Labute approximate surface area is 88.6 Å². The minimum atomic E-state index is 0.128. The first-order valence-corrected chi connectivity index (χ1v) is 4.83. The van der Waals surface area contributed by atoms with Crippen molar-refractivity contribution in [1.82, 2.24) is 4.98 Å². The van der Waals surface area contributed by atoms with Gasteiger partial charge in [-0.3, -0.25) is 9.78 Å². The molecule has 0 saturated heterocycles. The molecule has 0 atom stereocenters. The number of carbonyl (C=O) groups excluding carboxylic acids is 1. The van der Waals surface area contributed by atoms with Gasteiger partial charge in [0.05, 0.1) is 0 Å². The standard InChI is InChI=1S/C13H11NO/c15-13(12-6-2-1-3-7-12)9-11-5-4-8-14-10-11/h1-8,10H,9H2. The molecule has 0 saturated carbocycles. The SMILES string of the molecule is O=C(Cc1cccnc1)c1ccccc1. The number of hydrogen-bond acceptors (Lipinski definition) is 2. The van der Waals surface area contributed by atoms with Gasteiger partial charge in [0.2, 0.25) is 0 Å². The average Bonchev–Trinajstić information content (AvgIpc) is 2.31. The maximum absolute atomic E-state index is 11.8. The summed E-state index contributed by atoms with van der Waals surface area (Å²) < 4.78 is 0. The van der Waals surface area contributed by atoms with Crippen molar-refractivity contribution >= 4 is 5.78 Å². The van der Waals surface area contributed by atoms with E-state index in [9.17, 15) is 4.79 Å². The monoisotopic (exact) mass is 197 g/mol. The van der Waals surface area contributed by atoms with Gasteiger partial charge in [-0.1, -0.05) is 36.4 Å². The highest BCUT2D eigenvalue weighted by Crippen LogP contribution is 2.05. The molecular weight excluding hydrogens is 186 g/mol. The van der Waals surface area contributed by atoms with E-state index in [1.807, 2.05) is 42.5 Å². The molecular formula is C13H11NO. The second kappa shape index (κ2) is 4.51. The van der Waals surface area contributed by atoms with Gasteiger partial charge in [-0.25, -0.2) is 0 Å². The Kier molecular flexibility index (Phi) is 2.88. The van der Waals surface area contributed by atoms with E-state index in [4.69, 9.17) is 0 Å². The fraction of sp³-hybridized carbons (Fsp3) is 0.0769. The second-order valence-electron chi connectivity index (χ2n) is 3.33. The van der Waals surface area contributed by atoms with E-state index in [0.29, 0.717) is 6.42 Å². The van der Waals surface area contributed by atoms with Crippen molar-refractivity contribution in [3.8, 4) is 0 Å². The predicted octanol–water partition coefficient (Wildman–Crippen LogP) is 2.51. The number of carbonyl (C=O) groups is 1. The number of ketones is 1. The lowest BCUT2D eigenvalue weighted by Crippen LogP contribution is -2.03. The Hall–Kier alpha value is -1.96. The van der Waals surface area contributed by atoms with E-state index in [1.54, 1.807) is 12.4 Å². The van der Waals surface area contributed by atoms with Gasteiger partial charge in [0.25, 0.3) is 0 Å². The largest absolute Gasteiger partial charge is 0.294 e. The molecule has 0 unspecified atom stereocenters. The normalized spacial score (nSPS) is 9.87. The van der Waals surface area contributed by atoms with Gasteiger partial charge in [0, 0.05) is 24.4 Å². The van der Waals surface area contributed by atoms with Gasteiger partial charge < -0.3 is 0 Å². The number of nitrogens with zero attached hydrogens (tertiary/aromatic N) is 1. The molecule has 1 aromatic carbocycles. The Bertz CT molecular complexity index is 437. The zero-order chi connectivity index (χ0) is 10.5. The lowest BCUT2D eigenvalue weighted by Gasteiger charge is -2.00. The van der Waals surface area contributed by atoms with Crippen molar-refractivity contribution in [3.05, 3.63) is 66.0 Å². The molecule has 2 heteroatoms. The number of hydrogen-bond donors (Lipinski definition) is 0. The minimum absolute atomic E-state index is 0.128. The third-order valence-corrected chi connectivity index (χ3v) is 2.18. The first kappa shape index (κ1) is 9.59. The summed E-state index contributed by atoms with van der Waals surface area (Å²) in [5.74, 6) is 0.128. The van der Waals surface area contributed by atoms with Gasteiger partial charge in [-0.2, -0.15) is 0 Å². The van der Waals surface area contributed by atoms with E-state index in [0.717, 1.165) is 11.1 Å². The molecule has 2 nitrogen and oxygen atoms in total. The maximum atomic E-state index is 11.8. The van der Waals surface area contributed by atoms with Gasteiger partial charge in [-0.15, -0.1) is 0 Å². The molecule has 0 fully saturated rings. The van der Waals surface area contributed by atoms with Crippen LogP contribution in [0, 0.1) is 0 Å². The van der Waals surface area contributed by atoms with Crippen LogP contribution in [0.4, 0.5) is 0 Å². The third kappa shape index (κ3) is 2.50. The average molecular weight is 197 g/mol. The molecule has 74 valence electrons. The predicted molar refractivity (Wildman–Crippen MR) is 58.7 cm³/mol. The van der Waals surface area contributed by atoms with E-state index in [-0.39, 0.29) is 5.78 Å². The zero-order valence-corrected chi connectivity index (χ0v) is 8.26. The van der Waals surface area contributed by atoms with Crippen molar-refractivity contribution < 1.29 is 4.79 Å². The van der Waals surface area contributed by atoms with Crippen molar-refractivity contribution in [3.63, 3.8) is 0 Å². The van der Waals surface area contributed by atoms with E-state index >= 15 is 0 Å². The molecule has 1 aromatic heterocycles. The van der Waals surface area contributed by atoms with Crippen LogP contribution < -0.4 is 0 Å². The molecule has 0 spiro atoms. The third-order valence-electron chi connectivity index (χ3n) is 2.18. The fourth-order valence-electron chi connectivity index (χ4n) is 1.41. The maximum Gasteiger partial charge on any atom is 0.167 e. The Morgan fingerprint density at radius 2 is 1.87 bits per heavy atom. The smallest absolute Gasteiger partial charge is 0.167 e. The van der Waals surface area contributed by atoms with E-state index < -0.39 is 0 Å². The molecule has 15 heavy (non-hydrogen) atoms. The number of benzene rings is 1. The molecule has 0 bridgehead atoms. The summed E-state index contributed by atoms with van der Waals surface area (Å²) in [5, 5.41) is 0. The van der Waals surface area contributed by atoms with Crippen LogP contribution in [0.15, 0.2) is 54.9 Å². The van der Waals surface area contributed by atoms with Crippen molar-refractivity contribution in [2.24, 2.45) is 0 Å². The summed E-state index contributed by atoms with van der Waals surface area (Å²) in [6.45, 7) is 0. The van der Waals surface area contributed by atoms with Crippen LogP contribution in [-0.2, 0) is 6.42 Å². The van der Waals surface area contributed by atoms with Crippen LogP contribution in [-0.4, -0.2) is 10.8 Å².